The highest BCUT2D eigenvalue weighted by Crippen LogP contribution is 2.28. The summed E-state index contributed by atoms with van der Waals surface area (Å²) in [4.78, 5) is 10.5. The van der Waals surface area contributed by atoms with Gasteiger partial charge in [-0.05, 0) is 18.4 Å². The van der Waals surface area contributed by atoms with Crippen LogP contribution in [0.25, 0.3) is 10.8 Å². The third-order valence-electron chi connectivity index (χ3n) is 2.28. The van der Waals surface area contributed by atoms with Gasteiger partial charge in [0.2, 0.25) is 0 Å². The van der Waals surface area contributed by atoms with Gasteiger partial charge in [-0.15, -0.1) is 0 Å². The summed E-state index contributed by atoms with van der Waals surface area (Å²) in [7, 11) is 0. The molecular weight excluding hydrogens is 202 g/mol. The van der Waals surface area contributed by atoms with Crippen molar-refractivity contribution in [3.8, 4) is 0 Å². The highest BCUT2D eigenvalue weighted by atomic mass is 16.6. The molecule has 84 valence electrons. The summed E-state index contributed by atoms with van der Waals surface area (Å²) in [5.41, 5.74) is 0.914. The number of rotatable bonds is 1. The number of aryl methyl sites for hydroxylation is 1. The lowest BCUT2D eigenvalue weighted by Gasteiger charge is -2.01. The Labute approximate surface area is 94.9 Å². The summed E-state index contributed by atoms with van der Waals surface area (Å²) >= 11 is 0. The Morgan fingerprint density at radius 1 is 1.06 bits per heavy atom. The standard InChI is InChI=1S/C11H9NO2.C2H6/c1-8-6-7-9-4-2-3-5-10(9)11(8)12(13)14;1-2/h2-7H,1H3;1-2H3. The van der Waals surface area contributed by atoms with Crippen LogP contribution < -0.4 is 0 Å². The van der Waals surface area contributed by atoms with E-state index in [9.17, 15) is 10.1 Å². The molecule has 0 aliphatic rings. The van der Waals surface area contributed by atoms with Crippen LogP contribution in [-0.2, 0) is 0 Å². The summed E-state index contributed by atoms with van der Waals surface area (Å²) in [6, 6.07) is 11.0. The monoisotopic (exact) mass is 217 g/mol. The van der Waals surface area contributed by atoms with E-state index in [0.717, 1.165) is 5.39 Å². The van der Waals surface area contributed by atoms with E-state index in [1.807, 2.05) is 38.1 Å². The molecule has 3 heteroatoms. The maximum Gasteiger partial charge on any atom is 0.280 e. The summed E-state index contributed by atoms with van der Waals surface area (Å²) < 4.78 is 0. The van der Waals surface area contributed by atoms with Gasteiger partial charge in [0.25, 0.3) is 5.69 Å². The normalized spacial score (nSPS) is 9.44. The maximum absolute atomic E-state index is 10.8. The molecule has 3 nitrogen and oxygen atoms in total. The average Bonchev–Trinajstić information content (AvgIpc) is 2.31. The summed E-state index contributed by atoms with van der Waals surface area (Å²) in [6.45, 7) is 5.75. The van der Waals surface area contributed by atoms with Crippen molar-refractivity contribution in [2.45, 2.75) is 20.8 Å². The molecule has 16 heavy (non-hydrogen) atoms. The SMILES string of the molecule is CC.Cc1ccc2ccccc2c1[N+](=O)[O-]. The first kappa shape index (κ1) is 12.2. The number of hydrogen-bond acceptors (Lipinski definition) is 2. The fraction of sp³-hybridized carbons (Fsp3) is 0.231. The van der Waals surface area contributed by atoms with E-state index in [1.165, 1.54) is 0 Å². The molecule has 2 aromatic carbocycles. The number of benzene rings is 2. The van der Waals surface area contributed by atoms with Gasteiger partial charge < -0.3 is 0 Å². The molecule has 0 aliphatic carbocycles. The van der Waals surface area contributed by atoms with Crippen LogP contribution in [0, 0.1) is 17.0 Å². The lowest BCUT2D eigenvalue weighted by molar-refractivity contribution is -0.383. The first-order chi connectivity index (χ1) is 7.70. The highest BCUT2D eigenvalue weighted by molar-refractivity contribution is 5.92. The van der Waals surface area contributed by atoms with Crippen LogP contribution in [-0.4, -0.2) is 4.92 Å². The summed E-state index contributed by atoms with van der Waals surface area (Å²) in [5.74, 6) is 0. The van der Waals surface area contributed by atoms with Crippen LogP contribution in [0.4, 0.5) is 5.69 Å². The molecule has 0 unspecified atom stereocenters. The second-order valence-electron chi connectivity index (χ2n) is 3.21. The number of fused-ring (bicyclic) bond motifs is 1. The Balaban J connectivity index is 0.000000606. The molecular formula is C13H15NO2. The van der Waals surface area contributed by atoms with Crippen molar-refractivity contribution in [3.05, 3.63) is 52.1 Å². The molecule has 0 spiro atoms. The molecule has 0 radical (unpaired) electrons. The quantitative estimate of drug-likeness (QED) is 0.533. The first-order valence-corrected chi connectivity index (χ1v) is 5.33. The minimum absolute atomic E-state index is 0.211. The van der Waals surface area contributed by atoms with Crippen molar-refractivity contribution in [3.63, 3.8) is 0 Å². The van der Waals surface area contributed by atoms with Gasteiger partial charge in [-0.2, -0.15) is 0 Å². The zero-order valence-corrected chi connectivity index (χ0v) is 9.73. The Morgan fingerprint density at radius 3 is 2.31 bits per heavy atom. The van der Waals surface area contributed by atoms with Gasteiger partial charge in [-0.1, -0.05) is 44.2 Å². The topological polar surface area (TPSA) is 43.1 Å². The van der Waals surface area contributed by atoms with E-state index in [-0.39, 0.29) is 10.6 Å². The van der Waals surface area contributed by atoms with Crippen LogP contribution in [0.1, 0.15) is 19.4 Å². The van der Waals surface area contributed by atoms with Gasteiger partial charge in [0.15, 0.2) is 0 Å². The lowest BCUT2D eigenvalue weighted by Crippen LogP contribution is -1.92. The van der Waals surface area contributed by atoms with Crippen LogP contribution in [0.15, 0.2) is 36.4 Å². The van der Waals surface area contributed by atoms with Gasteiger partial charge in [0.1, 0.15) is 0 Å². The first-order valence-electron chi connectivity index (χ1n) is 5.33. The minimum atomic E-state index is -0.322. The fourth-order valence-electron chi connectivity index (χ4n) is 1.61. The zero-order valence-electron chi connectivity index (χ0n) is 9.73. The molecule has 0 N–H and O–H groups in total. The maximum atomic E-state index is 10.8. The molecule has 0 aromatic heterocycles. The molecule has 0 saturated carbocycles. The van der Waals surface area contributed by atoms with Gasteiger partial charge >= 0.3 is 0 Å². The predicted octanol–water partition coefficient (Wildman–Crippen LogP) is 4.08. The van der Waals surface area contributed by atoms with Crippen LogP contribution in [0.2, 0.25) is 0 Å². The van der Waals surface area contributed by atoms with Crippen LogP contribution >= 0.6 is 0 Å². The highest BCUT2D eigenvalue weighted by Gasteiger charge is 2.14. The van der Waals surface area contributed by atoms with Crippen molar-refractivity contribution in [1.29, 1.82) is 0 Å². The number of nitro benzene ring substituents is 1. The third-order valence-corrected chi connectivity index (χ3v) is 2.28. The van der Waals surface area contributed by atoms with Crippen molar-refractivity contribution in [2.24, 2.45) is 0 Å². The van der Waals surface area contributed by atoms with Gasteiger partial charge in [0, 0.05) is 5.56 Å². The number of nitrogens with zero attached hydrogens (tertiary/aromatic N) is 1. The molecule has 0 aliphatic heterocycles. The molecule has 2 rings (SSSR count). The molecule has 0 saturated heterocycles. The van der Waals surface area contributed by atoms with Crippen LogP contribution in [0.5, 0.6) is 0 Å². The van der Waals surface area contributed by atoms with Crippen molar-refractivity contribution >= 4 is 16.5 Å². The van der Waals surface area contributed by atoms with E-state index in [4.69, 9.17) is 0 Å². The average molecular weight is 217 g/mol. The van der Waals surface area contributed by atoms with Gasteiger partial charge in [0.05, 0.1) is 10.3 Å². The predicted molar refractivity (Wildman–Crippen MR) is 66.7 cm³/mol. The molecule has 0 heterocycles. The third kappa shape index (κ3) is 2.19. The zero-order chi connectivity index (χ0) is 12.1. The van der Waals surface area contributed by atoms with Gasteiger partial charge in [-0.3, -0.25) is 10.1 Å². The fourth-order valence-corrected chi connectivity index (χ4v) is 1.61. The Morgan fingerprint density at radius 2 is 1.69 bits per heavy atom. The molecule has 2 aromatic rings. The van der Waals surface area contributed by atoms with E-state index in [1.54, 1.807) is 19.1 Å². The van der Waals surface area contributed by atoms with Gasteiger partial charge in [-0.25, -0.2) is 0 Å². The second kappa shape index (κ2) is 5.26. The molecule has 0 bridgehead atoms. The molecule has 0 fully saturated rings. The minimum Gasteiger partial charge on any atom is -0.258 e. The van der Waals surface area contributed by atoms with Crippen molar-refractivity contribution in [2.75, 3.05) is 0 Å². The van der Waals surface area contributed by atoms with Crippen molar-refractivity contribution in [1.82, 2.24) is 0 Å². The summed E-state index contributed by atoms with van der Waals surface area (Å²) in [5, 5.41) is 12.5. The molecule has 0 amide bonds. The smallest absolute Gasteiger partial charge is 0.258 e. The lowest BCUT2D eigenvalue weighted by atomic mass is 10.1. The number of hydrogen-bond donors (Lipinski definition) is 0. The largest absolute Gasteiger partial charge is 0.280 e. The number of nitro groups is 1. The Hall–Kier alpha value is -1.90. The Kier molecular flexibility index (Phi) is 4.00. The van der Waals surface area contributed by atoms with E-state index < -0.39 is 0 Å². The van der Waals surface area contributed by atoms with E-state index in [2.05, 4.69) is 0 Å². The Bertz CT molecular complexity index is 506. The van der Waals surface area contributed by atoms with Crippen molar-refractivity contribution < 1.29 is 4.92 Å². The van der Waals surface area contributed by atoms with E-state index in [0.29, 0.717) is 10.9 Å². The van der Waals surface area contributed by atoms with Crippen LogP contribution in [0.3, 0.4) is 0 Å². The van der Waals surface area contributed by atoms with E-state index >= 15 is 0 Å². The second-order valence-corrected chi connectivity index (χ2v) is 3.21. The summed E-state index contributed by atoms with van der Waals surface area (Å²) in [6.07, 6.45) is 0. The molecule has 0 atom stereocenters.